The standard InChI is InChI=1S/C27H27N3O2/c1-2-32-25-14-10-21(11-15-25)18-27(31)28-19-24-6-3-4-7-26(24)23-12-8-22(9-13-23)20-30-17-5-16-29-30/h3-17H,2,18-20H2,1H3,(H,28,31). The predicted octanol–water partition coefficient (Wildman–Crippen LogP) is 4.86. The SMILES string of the molecule is CCOc1ccc(CC(=O)NCc2ccccc2-c2ccc(Cn3cccn3)cc2)cc1. The van der Waals surface area contributed by atoms with Gasteiger partial charge in [-0.1, -0.05) is 60.7 Å². The van der Waals surface area contributed by atoms with Gasteiger partial charge in [-0.15, -0.1) is 0 Å². The van der Waals surface area contributed by atoms with Gasteiger partial charge in [-0.25, -0.2) is 0 Å². The molecule has 0 unspecified atom stereocenters. The molecule has 0 saturated heterocycles. The molecule has 0 radical (unpaired) electrons. The summed E-state index contributed by atoms with van der Waals surface area (Å²) in [5.41, 5.74) is 5.50. The first-order chi connectivity index (χ1) is 15.7. The Bertz CT molecular complexity index is 1130. The number of rotatable bonds is 9. The summed E-state index contributed by atoms with van der Waals surface area (Å²) in [6.07, 6.45) is 4.09. The lowest BCUT2D eigenvalue weighted by molar-refractivity contribution is -0.120. The highest BCUT2D eigenvalue weighted by Crippen LogP contribution is 2.24. The highest BCUT2D eigenvalue weighted by Gasteiger charge is 2.08. The fraction of sp³-hybridized carbons (Fsp3) is 0.185. The van der Waals surface area contributed by atoms with Crippen molar-refractivity contribution in [3.05, 3.63) is 108 Å². The second-order valence-electron chi connectivity index (χ2n) is 7.59. The first kappa shape index (κ1) is 21.4. The lowest BCUT2D eigenvalue weighted by atomic mass is 9.98. The van der Waals surface area contributed by atoms with Gasteiger partial charge < -0.3 is 10.1 Å². The normalized spacial score (nSPS) is 10.7. The summed E-state index contributed by atoms with van der Waals surface area (Å²) >= 11 is 0. The number of carbonyl (C=O) groups is 1. The van der Waals surface area contributed by atoms with Gasteiger partial charge in [0.15, 0.2) is 0 Å². The third kappa shape index (κ3) is 5.64. The van der Waals surface area contributed by atoms with Crippen LogP contribution in [0.2, 0.25) is 0 Å². The number of ether oxygens (including phenoxy) is 1. The van der Waals surface area contributed by atoms with Crippen LogP contribution in [0.3, 0.4) is 0 Å². The Kier molecular flexibility index (Phi) is 6.98. The highest BCUT2D eigenvalue weighted by atomic mass is 16.5. The van der Waals surface area contributed by atoms with Crippen molar-refractivity contribution in [1.29, 1.82) is 0 Å². The van der Waals surface area contributed by atoms with Gasteiger partial charge in [0.2, 0.25) is 5.91 Å². The maximum atomic E-state index is 12.5. The molecule has 4 aromatic rings. The molecule has 0 aliphatic heterocycles. The maximum absolute atomic E-state index is 12.5. The summed E-state index contributed by atoms with van der Waals surface area (Å²) in [6, 6.07) is 26.3. The average molecular weight is 426 g/mol. The fourth-order valence-electron chi connectivity index (χ4n) is 3.64. The quantitative estimate of drug-likeness (QED) is 0.417. The average Bonchev–Trinajstić information content (AvgIpc) is 3.33. The van der Waals surface area contributed by atoms with Crippen LogP contribution in [0.25, 0.3) is 11.1 Å². The Morgan fingerprint density at radius 2 is 1.69 bits per heavy atom. The van der Waals surface area contributed by atoms with E-state index in [0.29, 0.717) is 19.6 Å². The molecule has 0 fully saturated rings. The van der Waals surface area contributed by atoms with E-state index in [1.165, 1.54) is 5.56 Å². The topological polar surface area (TPSA) is 56.1 Å². The number of nitrogens with zero attached hydrogens (tertiary/aromatic N) is 2. The first-order valence-electron chi connectivity index (χ1n) is 10.8. The van der Waals surface area contributed by atoms with Crippen molar-refractivity contribution >= 4 is 5.91 Å². The monoisotopic (exact) mass is 425 g/mol. The smallest absolute Gasteiger partial charge is 0.224 e. The zero-order valence-corrected chi connectivity index (χ0v) is 18.2. The highest BCUT2D eigenvalue weighted by molar-refractivity contribution is 5.79. The van der Waals surface area contributed by atoms with Crippen LogP contribution in [0.4, 0.5) is 0 Å². The molecule has 5 nitrogen and oxygen atoms in total. The van der Waals surface area contributed by atoms with Crippen LogP contribution in [-0.2, 0) is 24.3 Å². The number of hydrogen-bond donors (Lipinski definition) is 1. The Balaban J connectivity index is 1.38. The summed E-state index contributed by atoms with van der Waals surface area (Å²) in [5, 5.41) is 7.32. The van der Waals surface area contributed by atoms with Gasteiger partial charge in [0, 0.05) is 18.9 Å². The molecule has 3 aromatic carbocycles. The second-order valence-corrected chi connectivity index (χ2v) is 7.59. The van der Waals surface area contributed by atoms with Gasteiger partial charge >= 0.3 is 0 Å². The molecule has 0 spiro atoms. The van der Waals surface area contributed by atoms with Gasteiger partial charge in [-0.05, 0) is 52.9 Å². The van der Waals surface area contributed by atoms with Crippen molar-refractivity contribution < 1.29 is 9.53 Å². The van der Waals surface area contributed by atoms with Crippen molar-refractivity contribution in [1.82, 2.24) is 15.1 Å². The van der Waals surface area contributed by atoms with Gasteiger partial charge in [-0.2, -0.15) is 5.10 Å². The molecule has 0 saturated carbocycles. The Morgan fingerprint density at radius 1 is 0.938 bits per heavy atom. The number of aromatic nitrogens is 2. The van der Waals surface area contributed by atoms with E-state index >= 15 is 0 Å². The molecule has 1 N–H and O–H groups in total. The largest absolute Gasteiger partial charge is 0.494 e. The van der Waals surface area contributed by atoms with E-state index in [4.69, 9.17) is 4.74 Å². The van der Waals surface area contributed by atoms with E-state index in [9.17, 15) is 4.79 Å². The minimum atomic E-state index is -0.00136. The van der Waals surface area contributed by atoms with Crippen LogP contribution in [0, 0.1) is 0 Å². The van der Waals surface area contributed by atoms with E-state index in [1.54, 1.807) is 6.20 Å². The van der Waals surface area contributed by atoms with Crippen LogP contribution < -0.4 is 10.1 Å². The first-order valence-corrected chi connectivity index (χ1v) is 10.8. The van der Waals surface area contributed by atoms with E-state index in [-0.39, 0.29) is 5.91 Å². The van der Waals surface area contributed by atoms with Gasteiger partial charge in [0.1, 0.15) is 5.75 Å². The third-order valence-corrected chi connectivity index (χ3v) is 5.26. The van der Waals surface area contributed by atoms with E-state index < -0.39 is 0 Å². The molecule has 0 aliphatic carbocycles. The second kappa shape index (κ2) is 10.4. The number of amides is 1. The molecule has 32 heavy (non-hydrogen) atoms. The van der Waals surface area contributed by atoms with Crippen LogP contribution >= 0.6 is 0 Å². The zero-order chi connectivity index (χ0) is 22.2. The lowest BCUT2D eigenvalue weighted by Crippen LogP contribution is -2.24. The number of nitrogens with one attached hydrogen (secondary N) is 1. The summed E-state index contributed by atoms with van der Waals surface area (Å²) < 4.78 is 7.36. The summed E-state index contributed by atoms with van der Waals surface area (Å²) in [6.45, 7) is 3.82. The zero-order valence-electron chi connectivity index (χ0n) is 18.2. The maximum Gasteiger partial charge on any atom is 0.224 e. The number of benzene rings is 3. The molecule has 1 amide bonds. The van der Waals surface area contributed by atoms with E-state index in [1.807, 2.05) is 60.3 Å². The molecule has 5 heteroatoms. The van der Waals surface area contributed by atoms with E-state index in [2.05, 4.69) is 46.8 Å². The summed E-state index contributed by atoms with van der Waals surface area (Å²) in [5.74, 6) is 0.819. The van der Waals surface area contributed by atoms with Gasteiger partial charge in [-0.3, -0.25) is 9.48 Å². The van der Waals surface area contributed by atoms with Crippen LogP contribution in [0.5, 0.6) is 5.75 Å². The Labute approximate surface area is 188 Å². The van der Waals surface area contributed by atoms with Crippen molar-refractivity contribution in [2.24, 2.45) is 0 Å². The number of hydrogen-bond acceptors (Lipinski definition) is 3. The van der Waals surface area contributed by atoms with Crippen molar-refractivity contribution in [3.63, 3.8) is 0 Å². The van der Waals surface area contributed by atoms with Crippen LogP contribution in [0.15, 0.2) is 91.3 Å². The predicted molar refractivity (Wildman–Crippen MR) is 126 cm³/mol. The molecular weight excluding hydrogens is 398 g/mol. The molecule has 4 rings (SSSR count). The van der Waals surface area contributed by atoms with Crippen LogP contribution in [0.1, 0.15) is 23.6 Å². The summed E-state index contributed by atoms with van der Waals surface area (Å²) in [4.78, 5) is 12.5. The van der Waals surface area contributed by atoms with Crippen molar-refractivity contribution in [2.75, 3.05) is 6.61 Å². The molecule has 1 aromatic heterocycles. The minimum Gasteiger partial charge on any atom is -0.494 e. The molecule has 0 aliphatic rings. The Morgan fingerprint density at radius 3 is 2.41 bits per heavy atom. The minimum absolute atomic E-state index is 0.00136. The summed E-state index contributed by atoms with van der Waals surface area (Å²) in [7, 11) is 0. The van der Waals surface area contributed by atoms with Crippen molar-refractivity contribution in [3.8, 4) is 16.9 Å². The molecule has 0 atom stereocenters. The van der Waals surface area contributed by atoms with Crippen LogP contribution in [-0.4, -0.2) is 22.3 Å². The molecule has 0 bridgehead atoms. The molecule has 1 heterocycles. The van der Waals surface area contributed by atoms with E-state index in [0.717, 1.165) is 34.5 Å². The van der Waals surface area contributed by atoms with Gasteiger partial charge in [0.25, 0.3) is 0 Å². The van der Waals surface area contributed by atoms with Crippen molar-refractivity contribution in [2.45, 2.75) is 26.4 Å². The number of carbonyl (C=O) groups excluding carboxylic acids is 1. The Hall–Kier alpha value is -3.86. The van der Waals surface area contributed by atoms with Gasteiger partial charge in [0.05, 0.1) is 19.6 Å². The lowest BCUT2D eigenvalue weighted by Gasteiger charge is -2.12. The third-order valence-electron chi connectivity index (χ3n) is 5.26. The molecular formula is C27H27N3O2. The fourth-order valence-corrected chi connectivity index (χ4v) is 3.64. The molecule has 162 valence electrons.